The van der Waals surface area contributed by atoms with Gasteiger partial charge >= 0.3 is 12.3 Å². The summed E-state index contributed by atoms with van der Waals surface area (Å²) < 4.78 is 47.6. The normalized spacial score (nSPS) is 28.4. The lowest BCUT2D eigenvalue weighted by atomic mass is 10.2. The molecular formula is C13H11F3N2O3. The van der Waals surface area contributed by atoms with Crippen molar-refractivity contribution >= 4 is 6.09 Å². The van der Waals surface area contributed by atoms with Gasteiger partial charge in [-0.2, -0.15) is 13.2 Å². The number of hydrogen-bond acceptors (Lipinski definition) is 4. The van der Waals surface area contributed by atoms with Gasteiger partial charge in [-0.15, -0.1) is 0 Å². The Labute approximate surface area is 118 Å². The summed E-state index contributed by atoms with van der Waals surface area (Å²) in [7, 11) is 0. The minimum Gasteiger partial charge on any atom is -0.411 e. The van der Waals surface area contributed by atoms with Crippen molar-refractivity contribution in [3.8, 4) is 0 Å². The Bertz CT molecular complexity index is 576. The number of ether oxygens (including phenoxy) is 2. The molecule has 1 aromatic rings. The van der Waals surface area contributed by atoms with Gasteiger partial charge in [0.15, 0.2) is 6.10 Å². The van der Waals surface area contributed by atoms with Crippen molar-refractivity contribution in [2.45, 2.75) is 24.6 Å². The van der Waals surface area contributed by atoms with Gasteiger partial charge in [-0.05, 0) is 24.3 Å². The number of amides is 1. The van der Waals surface area contributed by atoms with E-state index in [1.165, 1.54) is 4.90 Å². The highest BCUT2D eigenvalue weighted by Crippen LogP contribution is 2.38. The Morgan fingerprint density at radius 2 is 2.24 bits per heavy atom. The summed E-state index contributed by atoms with van der Waals surface area (Å²) in [6, 6.07) is 5.19. The maximum absolute atomic E-state index is 12.6. The molecule has 0 aromatic carbocycles. The molecule has 21 heavy (non-hydrogen) atoms. The van der Waals surface area contributed by atoms with Crippen molar-refractivity contribution in [3.05, 3.63) is 42.2 Å². The maximum Gasteiger partial charge on any atom is 0.418 e. The van der Waals surface area contributed by atoms with Gasteiger partial charge in [-0.25, -0.2) is 4.79 Å². The lowest BCUT2D eigenvalue weighted by Gasteiger charge is -2.22. The van der Waals surface area contributed by atoms with E-state index in [9.17, 15) is 18.0 Å². The minimum atomic E-state index is -4.53. The molecule has 2 atom stereocenters. The van der Waals surface area contributed by atoms with E-state index in [-0.39, 0.29) is 13.1 Å². The summed E-state index contributed by atoms with van der Waals surface area (Å²) in [5, 5.41) is 0. The fourth-order valence-corrected chi connectivity index (χ4v) is 2.23. The molecule has 0 N–H and O–H groups in total. The van der Waals surface area contributed by atoms with Crippen LogP contribution < -0.4 is 0 Å². The first kappa shape index (κ1) is 13.9. The first-order valence-electron chi connectivity index (χ1n) is 6.20. The predicted octanol–water partition coefficient (Wildman–Crippen LogP) is 2.25. The van der Waals surface area contributed by atoms with Gasteiger partial charge in [0.25, 0.3) is 5.79 Å². The van der Waals surface area contributed by atoms with Crippen molar-refractivity contribution in [3.63, 3.8) is 0 Å². The second-order valence-corrected chi connectivity index (χ2v) is 4.80. The second-order valence-electron chi connectivity index (χ2n) is 4.80. The largest absolute Gasteiger partial charge is 0.418 e. The molecule has 112 valence electrons. The third-order valence-electron chi connectivity index (χ3n) is 3.18. The van der Waals surface area contributed by atoms with Crippen LogP contribution in [0, 0.1) is 0 Å². The maximum atomic E-state index is 12.6. The van der Waals surface area contributed by atoms with Crippen LogP contribution in [0.1, 0.15) is 5.69 Å². The van der Waals surface area contributed by atoms with E-state index in [2.05, 4.69) is 4.98 Å². The van der Waals surface area contributed by atoms with Crippen molar-refractivity contribution in [1.29, 1.82) is 0 Å². The van der Waals surface area contributed by atoms with Crippen molar-refractivity contribution in [2.75, 3.05) is 6.54 Å². The highest BCUT2D eigenvalue weighted by Gasteiger charge is 2.54. The highest BCUT2D eigenvalue weighted by molar-refractivity contribution is 5.71. The summed E-state index contributed by atoms with van der Waals surface area (Å²) in [4.78, 5) is 17.1. The van der Waals surface area contributed by atoms with Crippen LogP contribution in [0.5, 0.6) is 0 Å². The molecule has 2 aliphatic heterocycles. The van der Waals surface area contributed by atoms with Crippen LogP contribution in [-0.4, -0.2) is 40.6 Å². The molecular weight excluding hydrogens is 289 g/mol. The first-order chi connectivity index (χ1) is 9.88. The van der Waals surface area contributed by atoms with E-state index in [1.54, 1.807) is 24.4 Å². The number of halogens is 3. The van der Waals surface area contributed by atoms with Crippen LogP contribution in [0.3, 0.4) is 0 Å². The van der Waals surface area contributed by atoms with Gasteiger partial charge in [0.1, 0.15) is 0 Å². The zero-order chi connectivity index (χ0) is 15.1. The average Bonchev–Trinajstić information content (AvgIpc) is 2.95. The summed E-state index contributed by atoms with van der Waals surface area (Å²) >= 11 is 0. The van der Waals surface area contributed by atoms with Crippen LogP contribution in [0.4, 0.5) is 18.0 Å². The molecule has 0 aliphatic carbocycles. The summed E-state index contributed by atoms with van der Waals surface area (Å²) in [5.41, 5.74) is 0.612. The number of alkyl halides is 3. The van der Waals surface area contributed by atoms with Crippen LogP contribution in [0.2, 0.25) is 0 Å². The molecule has 1 amide bonds. The molecule has 1 spiro atoms. The van der Waals surface area contributed by atoms with Crippen LogP contribution in [-0.2, 0) is 16.0 Å². The van der Waals surface area contributed by atoms with Crippen molar-refractivity contribution in [1.82, 2.24) is 9.88 Å². The standard InChI is InChI=1S/C13H11F3N2O3/c14-13(15,16)10-4-5-12(20-10)8-18(11(19)21-12)7-9-3-1-2-6-17-9/h1-6,10H,7-8H2. The summed E-state index contributed by atoms with van der Waals surface area (Å²) in [6.45, 7) is 0.0425. The van der Waals surface area contributed by atoms with E-state index >= 15 is 0 Å². The molecule has 1 saturated heterocycles. The third kappa shape index (κ3) is 2.71. The quantitative estimate of drug-likeness (QED) is 0.786. The van der Waals surface area contributed by atoms with Gasteiger partial charge in [0.2, 0.25) is 0 Å². The molecule has 1 aromatic heterocycles. The first-order valence-corrected chi connectivity index (χ1v) is 6.20. The van der Waals surface area contributed by atoms with Gasteiger partial charge in [-0.1, -0.05) is 6.07 Å². The monoisotopic (exact) mass is 300 g/mol. The SMILES string of the molecule is O=C1OC2(C=CC(C(F)(F)F)O2)CN1Cc1ccccn1. The van der Waals surface area contributed by atoms with Crippen LogP contribution >= 0.6 is 0 Å². The van der Waals surface area contributed by atoms with Crippen LogP contribution in [0.15, 0.2) is 36.5 Å². The van der Waals surface area contributed by atoms with E-state index in [1.807, 2.05) is 0 Å². The predicted molar refractivity (Wildman–Crippen MR) is 63.9 cm³/mol. The number of carbonyl (C=O) groups is 1. The Morgan fingerprint density at radius 3 is 2.86 bits per heavy atom. The fourth-order valence-electron chi connectivity index (χ4n) is 2.23. The molecule has 3 heterocycles. The minimum absolute atomic E-state index is 0.106. The Kier molecular flexibility index (Phi) is 3.12. The van der Waals surface area contributed by atoms with Crippen molar-refractivity contribution in [2.24, 2.45) is 0 Å². The molecule has 0 saturated carbocycles. The topological polar surface area (TPSA) is 51.7 Å². The Morgan fingerprint density at radius 1 is 1.43 bits per heavy atom. The number of rotatable bonds is 2. The number of pyridine rings is 1. The fraction of sp³-hybridized carbons (Fsp3) is 0.385. The van der Waals surface area contributed by atoms with Gasteiger partial charge in [0.05, 0.1) is 18.8 Å². The van der Waals surface area contributed by atoms with E-state index in [0.717, 1.165) is 12.2 Å². The second kappa shape index (κ2) is 4.73. The summed E-state index contributed by atoms with van der Waals surface area (Å²) in [6.07, 6.45) is -3.74. The summed E-state index contributed by atoms with van der Waals surface area (Å²) in [5.74, 6) is -1.66. The highest BCUT2D eigenvalue weighted by atomic mass is 19.4. The van der Waals surface area contributed by atoms with Gasteiger partial charge in [0, 0.05) is 6.20 Å². The van der Waals surface area contributed by atoms with E-state index in [0.29, 0.717) is 5.69 Å². The molecule has 0 bridgehead atoms. The molecule has 8 heteroatoms. The molecule has 1 fully saturated rings. The number of aromatic nitrogens is 1. The molecule has 2 aliphatic rings. The zero-order valence-electron chi connectivity index (χ0n) is 10.7. The lowest BCUT2D eigenvalue weighted by molar-refractivity contribution is -0.252. The third-order valence-corrected chi connectivity index (χ3v) is 3.18. The molecule has 5 nitrogen and oxygen atoms in total. The molecule has 3 rings (SSSR count). The zero-order valence-corrected chi connectivity index (χ0v) is 10.7. The van der Waals surface area contributed by atoms with E-state index in [4.69, 9.17) is 9.47 Å². The van der Waals surface area contributed by atoms with Crippen molar-refractivity contribution < 1.29 is 27.4 Å². The van der Waals surface area contributed by atoms with Gasteiger partial charge < -0.3 is 9.47 Å². The number of nitrogens with zero attached hydrogens (tertiary/aromatic N) is 2. The average molecular weight is 300 g/mol. The van der Waals surface area contributed by atoms with E-state index < -0.39 is 24.2 Å². The van der Waals surface area contributed by atoms with Crippen LogP contribution in [0.25, 0.3) is 0 Å². The molecule has 2 unspecified atom stereocenters. The number of carbonyl (C=O) groups excluding carboxylic acids is 1. The van der Waals surface area contributed by atoms with Gasteiger partial charge in [-0.3, -0.25) is 9.88 Å². The Balaban J connectivity index is 1.70. The Hall–Kier alpha value is -2.09. The lowest BCUT2D eigenvalue weighted by Crippen LogP contribution is -2.38. The number of hydrogen-bond donors (Lipinski definition) is 0. The molecule has 0 radical (unpaired) electrons. The smallest absolute Gasteiger partial charge is 0.411 e.